The van der Waals surface area contributed by atoms with Gasteiger partial charge in [-0.3, -0.25) is 10.2 Å². The molecule has 1 aliphatic heterocycles. The molecular weight excluding hydrogens is 314 g/mol. The number of nitrogens with one attached hydrogen (secondary N) is 2. The van der Waals surface area contributed by atoms with Crippen LogP contribution in [0.4, 0.5) is 9.93 Å². The smallest absolute Gasteiger partial charge is 0.321 e. The molecule has 2 amide bonds. The molecule has 0 radical (unpaired) electrons. The molecular formula is C15H19N5O2S. The van der Waals surface area contributed by atoms with E-state index in [4.69, 9.17) is 4.74 Å². The Labute approximate surface area is 138 Å². The van der Waals surface area contributed by atoms with Crippen molar-refractivity contribution in [3.8, 4) is 0 Å². The summed E-state index contributed by atoms with van der Waals surface area (Å²) in [5.41, 5.74) is 3.92. The van der Waals surface area contributed by atoms with Gasteiger partial charge in [-0.15, -0.1) is 10.2 Å². The Morgan fingerprint density at radius 2 is 2.04 bits per heavy atom. The monoisotopic (exact) mass is 333 g/mol. The van der Waals surface area contributed by atoms with Crippen molar-refractivity contribution >= 4 is 22.5 Å². The van der Waals surface area contributed by atoms with Crippen LogP contribution in [0.2, 0.25) is 0 Å². The van der Waals surface area contributed by atoms with E-state index in [1.165, 1.54) is 16.9 Å². The predicted molar refractivity (Wildman–Crippen MR) is 88.3 cm³/mol. The van der Waals surface area contributed by atoms with Crippen molar-refractivity contribution in [2.24, 2.45) is 0 Å². The number of carbonyl (C=O) groups excluding carboxylic acids is 1. The first-order valence-corrected chi connectivity index (χ1v) is 8.37. The normalized spacial score (nSPS) is 15.3. The third-order valence-electron chi connectivity index (χ3n) is 3.64. The van der Waals surface area contributed by atoms with Crippen LogP contribution in [0.25, 0.3) is 0 Å². The first kappa shape index (κ1) is 15.9. The van der Waals surface area contributed by atoms with E-state index in [2.05, 4.69) is 31.8 Å². The van der Waals surface area contributed by atoms with E-state index in [9.17, 15) is 4.79 Å². The number of aromatic nitrogens is 2. The van der Waals surface area contributed by atoms with Gasteiger partial charge in [0.25, 0.3) is 0 Å². The molecule has 0 bridgehead atoms. The second kappa shape index (κ2) is 8.00. The van der Waals surface area contributed by atoms with Gasteiger partial charge in [-0.1, -0.05) is 35.6 Å². The molecule has 0 atom stereocenters. The summed E-state index contributed by atoms with van der Waals surface area (Å²) in [7, 11) is 0. The van der Waals surface area contributed by atoms with Gasteiger partial charge in [0, 0.05) is 26.2 Å². The van der Waals surface area contributed by atoms with Gasteiger partial charge in [0.2, 0.25) is 5.13 Å². The molecule has 3 rings (SSSR count). The van der Waals surface area contributed by atoms with Crippen molar-refractivity contribution in [2.45, 2.75) is 13.1 Å². The Bertz CT molecular complexity index is 629. The average Bonchev–Trinajstić information content (AvgIpc) is 3.08. The number of carbonyl (C=O) groups is 1. The van der Waals surface area contributed by atoms with Crippen molar-refractivity contribution in [1.82, 2.24) is 20.4 Å². The lowest BCUT2D eigenvalue weighted by Gasteiger charge is -2.27. The summed E-state index contributed by atoms with van der Waals surface area (Å²) in [5.74, 6) is 0. The fraction of sp³-hybridized carbons (Fsp3) is 0.400. The fourth-order valence-electron chi connectivity index (χ4n) is 2.43. The Kier molecular flexibility index (Phi) is 5.51. The van der Waals surface area contributed by atoms with Gasteiger partial charge in [0.1, 0.15) is 5.51 Å². The summed E-state index contributed by atoms with van der Waals surface area (Å²) in [6.45, 7) is 4.80. The number of ether oxygens (including phenoxy) is 1. The molecule has 2 N–H and O–H groups in total. The zero-order valence-corrected chi connectivity index (χ0v) is 13.5. The van der Waals surface area contributed by atoms with E-state index in [1.54, 1.807) is 5.51 Å². The molecule has 0 saturated carbocycles. The van der Waals surface area contributed by atoms with Crippen LogP contribution in [-0.2, 0) is 17.8 Å². The summed E-state index contributed by atoms with van der Waals surface area (Å²) in [5, 5.41) is 13.5. The number of amides is 2. The van der Waals surface area contributed by atoms with Gasteiger partial charge in [0.15, 0.2) is 0 Å². The van der Waals surface area contributed by atoms with Crippen LogP contribution >= 0.6 is 11.3 Å². The highest BCUT2D eigenvalue weighted by Gasteiger charge is 2.13. The summed E-state index contributed by atoms with van der Waals surface area (Å²) in [6, 6.07) is 7.89. The highest BCUT2D eigenvalue weighted by Crippen LogP contribution is 2.13. The number of anilines is 1. The molecule has 0 aliphatic carbocycles. The lowest BCUT2D eigenvalue weighted by Crippen LogP contribution is -2.36. The van der Waals surface area contributed by atoms with E-state index in [1.807, 2.05) is 18.2 Å². The van der Waals surface area contributed by atoms with Crippen LogP contribution in [0.3, 0.4) is 0 Å². The fourth-order valence-corrected chi connectivity index (χ4v) is 2.87. The molecule has 2 heterocycles. The number of hydrogen-bond acceptors (Lipinski definition) is 6. The number of hydrogen-bond donors (Lipinski definition) is 2. The Balaban J connectivity index is 1.55. The molecule has 1 aliphatic rings. The van der Waals surface area contributed by atoms with Crippen molar-refractivity contribution < 1.29 is 9.53 Å². The number of rotatable bonds is 5. The first-order valence-electron chi connectivity index (χ1n) is 7.49. The van der Waals surface area contributed by atoms with E-state index in [0.717, 1.165) is 38.4 Å². The quantitative estimate of drug-likeness (QED) is 0.870. The zero-order valence-electron chi connectivity index (χ0n) is 12.7. The second-order valence-corrected chi connectivity index (χ2v) is 6.04. The highest BCUT2D eigenvalue weighted by atomic mass is 32.1. The van der Waals surface area contributed by atoms with Crippen LogP contribution in [0.5, 0.6) is 0 Å². The summed E-state index contributed by atoms with van der Waals surface area (Å²) in [4.78, 5) is 14.2. The third kappa shape index (κ3) is 4.72. The number of benzene rings is 1. The average molecular weight is 333 g/mol. The van der Waals surface area contributed by atoms with E-state index in [-0.39, 0.29) is 6.03 Å². The number of nitrogens with zero attached hydrogens (tertiary/aromatic N) is 3. The molecule has 1 saturated heterocycles. The van der Waals surface area contributed by atoms with Crippen LogP contribution in [0.1, 0.15) is 11.1 Å². The van der Waals surface area contributed by atoms with Gasteiger partial charge < -0.3 is 10.1 Å². The maximum absolute atomic E-state index is 11.9. The molecule has 122 valence electrons. The van der Waals surface area contributed by atoms with E-state index < -0.39 is 0 Å². The number of urea groups is 1. The third-order valence-corrected chi connectivity index (χ3v) is 4.24. The number of morpholine rings is 1. The Hall–Kier alpha value is -2.03. The van der Waals surface area contributed by atoms with Crippen LogP contribution in [0, 0.1) is 0 Å². The maximum Gasteiger partial charge on any atom is 0.321 e. The second-order valence-electron chi connectivity index (χ2n) is 5.21. The zero-order chi connectivity index (χ0) is 15.9. The molecule has 1 fully saturated rings. The molecule has 2 aromatic rings. The predicted octanol–water partition coefficient (Wildman–Crippen LogP) is 1.69. The van der Waals surface area contributed by atoms with Gasteiger partial charge >= 0.3 is 6.03 Å². The Morgan fingerprint density at radius 1 is 1.26 bits per heavy atom. The molecule has 8 heteroatoms. The molecule has 0 spiro atoms. The topological polar surface area (TPSA) is 79.4 Å². The first-order chi connectivity index (χ1) is 11.3. The maximum atomic E-state index is 11.9. The molecule has 0 unspecified atom stereocenters. The van der Waals surface area contributed by atoms with Crippen molar-refractivity contribution in [2.75, 3.05) is 31.6 Å². The SMILES string of the molecule is O=C(NCc1ccccc1CN1CCOCC1)Nc1nncs1. The summed E-state index contributed by atoms with van der Waals surface area (Å²) < 4.78 is 5.38. The van der Waals surface area contributed by atoms with Gasteiger partial charge in [0.05, 0.1) is 13.2 Å². The largest absolute Gasteiger partial charge is 0.379 e. The lowest BCUT2D eigenvalue weighted by atomic mass is 10.1. The van der Waals surface area contributed by atoms with Gasteiger partial charge in [-0.2, -0.15) is 0 Å². The van der Waals surface area contributed by atoms with E-state index >= 15 is 0 Å². The lowest BCUT2D eigenvalue weighted by molar-refractivity contribution is 0.0341. The van der Waals surface area contributed by atoms with E-state index in [0.29, 0.717) is 11.7 Å². The minimum atomic E-state index is -0.275. The Morgan fingerprint density at radius 3 is 2.78 bits per heavy atom. The van der Waals surface area contributed by atoms with Gasteiger partial charge in [-0.25, -0.2) is 4.79 Å². The minimum Gasteiger partial charge on any atom is -0.379 e. The summed E-state index contributed by atoms with van der Waals surface area (Å²) >= 11 is 1.29. The van der Waals surface area contributed by atoms with Crippen LogP contribution in [-0.4, -0.2) is 47.4 Å². The summed E-state index contributed by atoms with van der Waals surface area (Å²) in [6.07, 6.45) is 0. The minimum absolute atomic E-state index is 0.275. The van der Waals surface area contributed by atoms with Crippen LogP contribution in [0.15, 0.2) is 29.8 Å². The van der Waals surface area contributed by atoms with Crippen molar-refractivity contribution in [1.29, 1.82) is 0 Å². The standard InChI is InChI=1S/C15H19N5O2S/c21-14(18-15-19-17-11-23-15)16-9-12-3-1-2-4-13(12)10-20-5-7-22-8-6-20/h1-4,11H,5-10H2,(H2,16,18,19,21). The van der Waals surface area contributed by atoms with Gasteiger partial charge in [-0.05, 0) is 11.1 Å². The van der Waals surface area contributed by atoms with Crippen LogP contribution < -0.4 is 10.6 Å². The van der Waals surface area contributed by atoms with Crippen molar-refractivity contribution in [3.63, 3.8) is 0 Å². The molecule has 1 aromatic carbocycles. The highest BCUT2D eigenvalue weighted by molar-refractivity contribution is 7.13. The molecule has 7 nitrogen and oxygen atoms in total. The molecule has 1 aromatic heterocycles. The molecule has 23 heavy (non-hydrogen) atoms. The van der Waals surface area contributed by atoms with Crippen molar-refractivity contribution in [3.05, 3.63) is 40.9 Å².